The minimum atomic E-state index is -6.20. The highest BCUT2D eigenvalue weighted by Gasteiger charge is 2.71. The second kappa shape index (κ2) is 12.3. The van der Waals surface area contributed by atoms with Crippen molar-refractivity contribution < 1.29 is 48.7 Å². The Morgan fingerprint density at radius 1 is 1.00 bits per heavy atom. The summed E-state index contributed by atoms with van der Waals surface area (Å²) in [5, 5.41) is 0.240. The molecule has 0 radical (unpaired) electrons. The summed E-state index contributed by atoms with van der Waals surface area (Å²) in [7, 11) is -3.04. The van der Waals surface area contributed by atoms with Crippen molar-refractivity contribution in [2.75, 3.05) is 7.11 Å². The molecular weight excluding hydrogens is 575 g/mol. The fourth-order valence-electron chi connectivity index (χ4n) is 3.35. The number of carbonyl (C=O) groups is 1. The van der Waals surface area contributed by atoms with Gasteiger partial charge in [0, 0.05) is 21.2 Å². The maximum Gasteiger partial charge on any atom is 0.431 e. The van der Waals surface area contributed by atoms with E-state index in [1.807, 2.05) is 0 Å². The number of alkyl halides is 7. The van der Waals surface area contributed by atoms with Gasteiger partial charge in [-0.25, -0.2) is 17.5 Å². The first-order chi connectivity index (χ1) is 17.0. The molecule has 37 heavy (non-hydrogen) atoms. The number of thiophene rings is 1. The lowest BCUT2D eigenvalue weighted by Crippen LogP contribution is -2.53. The van der Waals surface area contributed by atoms with Crippen molar-refractivity contribution in [3.05, 3.63) is 51.2 Å². The van der Waals surface area contributed by atoms with Crippen LogP contribution in [-0.4, -0.2) is 39.5 Å². The van der Waals surface area contributed by atoms with E-state index in [4.69, 9.17) is 11.6 Å². The largest absolute Gasteiger partial charge is 0.469 e. The van der Waals surface area contributed by atoms with Gasteiger partial charge in [0.25, 0.3) is 5.67 Å². The molecule has 0 saturated heterocycles. The Labute approximate surface area is 218 Å². The van der Waals surface area contributed by atoms with E-state index in [0.717, 1.165) is 11.3 Å². The van der Waals surface area contributed by atoms with Gasteiger partial charge in [-0.2, -0.15) is 26.3 Å². The van der Waals surface area contributed by atoms with E-state index in [0.29, 0.717) is 22.6 Å². The van der Waals surface area contributed by atoms with Crippen molar-refractivity contribution in [2.45, 2.75) is 67.5 Å². The van der Waals surface area contributed by atoms with Crippen LogP contribution < -0.4 is 4.72 Å². The lowest BCUT2D eigenvalue weighted by molar-refractivity contribution is -0.343. The summed E-state index contributed by atoms with van der Waals surface area (Å²) in [6.45, 7) is 0. The molecule has 0 fully saturated rings. The van der Waals surface area contributed by atoms with Gasteiger partial charge in [0.05, 0.1) is 18.0 Å². The zero-order valence-electron chi connectivity index (χ0n) is 19.3. The normalized spacial score (nSPS) is 14.0. The Morgan fingerprint density at radius 2 is 1.59 bits per heavy atom. The number of nitrogens with one attached hydrogen (secondary N) is 1. The van der Waals surface area contributed by atoms with Crippen LogP contribution in [0.4, 0.5) is 30.7 Å². The summed E-state index contributed by atoms with van der Waals surface area (Å²) in [5.41, 5.74) is -5.44. The summed E-state index contributed by atoms with van der Waals surface area (Å²) in [4.78, 5) is 12.0. The Bertz CT molecular complexity index is 1140. The Morgan fingerprint density at radius 3 is 2.14 bits per heavy atom. The predicted octanol–water partition coefficient (Wildman–Crippen LogP) is 6.92. The van der Waals surface area contributed by atoms with Gasteiger partial charge < -0.3 is 4.74 Å². The van der Waals surface area contributed by atoms with E-state index in [2.05, 4.69) is 9.46 Å². The lowest BCUT2D eigenvalue weighted by atomic mass is 9.95. The molecule has 15 heteroatoms. The first-order valence-corrected chi connectivity index (χ1v) is 13.4. The zero-order valence-corrected chi connectivity index (χ0v) is 21.6. The van der Waals surface area contributed by atoms with Gasteiger partial charge in [-0.3, -0.25) is 4.79 Å². The molecule has 0 aliphatic rings. The molecule has 208 valence electrons. The number of hydrogen-bond donors (Lipinski definition) is 1. The van der Waals surface area contributed by atoms with Crippen LogP contribution in [-0.2, 0) is 26.0 Å². The first-order valence-electron chi connectivity index (χ1n) is 10.8. The van der Waals surface area contributed by atoms with Gasteiger partial charge in [0.2, 0.25) is 10.0 Å². The third kappa shape index (κ3) is 8.29. The highest BCUT2D eigenvalue weighted by Crippen LogP contribution is 2.49. The number of esters is 1. The molecule has 0 aliphatic carbocycles. The zero-order chi connectivity index (χ0) is 28.1. The maximum atomic E-state index is 14.1. The Hall–Kier alpha value is -1.90. The van der Waals surface area contributed by atoms with Crippen LogP contribution in [0.15, 0.2) is 41.3 Å². The first kappa shape index (κ1) is 31.3. The van der Waals surface area contributed by atoms with Crippen LogP contribution in [0.2, 0.25) is 5.02 Å². The van der Waals surface area contributed by atoms with E-state index in [1.54, 1.807) is 6.07 Å². The average Bonchev–Trinajstić information content (AvgIpc) is 3.25. The molecule has 0 bridgehead atoms. The molecule has 1 N–H and O–H groups in total. The van der Waals surface area contributed by atoms with Gasteiger partial charge in [0.15, 0.2) is 0 Å². The summed E-state index contributed by atoms with van der Waals surface area (Å²) in [6.07, 6.45) is -14.9. The molecule has 1 atom stereocenters. The number of methoxy groups -OCH3 is 1. The molecule has 0 saturated carbocycles. The number of aryl methyl sites for hydroxylation is 1. The van der Waals surface area contributed by atoms with E-state index >= 15 is 0 Å². The van der Waals surface area contributed by atoms with Crippen molar-refractivity contribution in [2.24, 2.45) is 0 Å². The fourth-order valence-corrected chi connectivity index (χ4v) is 5.94. The number of ether oxygens (including phenoxy) is 1. The van der Waals surface area contributed by atoms with Gasteiger partial charge in [-0.1, -0.05) is 11.6 Å². The van der Waals surface area contributed by atoms with Crippen molar-refractivity contribution in [3.63, 3.8) is 0 Å². The molecule has 1 heterocycles. The maximum absolute atomic E-state index is 14.1. The summed E-state index contributed by atoms with van der Waals surface area (Å²) >= 11 is 6.83. The molecule has 0 spiro atoms. The van der Waals surface area contributed by atoms with Crippen molar-refractivity contribution in [1.29, 1.82) is 0 Å². The average molecular weight is 598 g/mol. The van der Waals surface area contributed by atoms with Crippen LogP contribution in [0.1, 0.15) is 47.9 Å². The molecule has 1 unspecified atom stereocenters. The Balaban J connectivity index is 2.26. The molecule has 2 aromatic rings. The second-order valence-corrected chi connectivity index (χ2v) is 11.4. The highest BCUT2D eigenvalue weighted by molar-refractivity contribution is 7.89. The van der Waals surface area contributed by atoms with Gasteiger partial charge in [-0.05, 0) is 68.5 Å². The molecule has 1 aromatic heterocycles. The molecule has 0 amide bonds. The number of hydrogen-bond acceptors (Lipinski definition) is 5. The van der Waals surface area contributed by atoms with Crippen LogP contribution in [0.25, 0.3) is 0 Å². The smallest absolute Gasteiger partial charge is 0.431 e. The predicted molar refractivity (Wildman–Crippen MR) is 124 cm³/mol. The lowest BCUT2D eigenvalue weighted by Gasteiger charge is -2.30. The standard InChI is InChI=1S/C22H23ClF7NO4S2/c1-35-19(32)6-2-4-15-9-12-18(36-15)17(31-37(33,34)16-10-7-14(23)8-11-16)5-3-13-20(24,21(25,26)27)22(28,29)30/h7-12,17,31H,2-6,13H2,1H3. The van der Waals surface area contributed by atoms with Crippen LogP contribution in [0.5, 0.6) is 0 Å². The van der Waals surface area contributed by atoms with E-state index < -0.39 is 59.3 Å². The number of benzene rings is 1. The minimum Gasteiger partial charge on any atom is -0.469 e. The Kier molecular flexibility index (Phi) is 10.4. The molecule has 5 nitrogen and oxygen atoms in total. The van der Waals surface area contributed by atoms with E-state index in [1.165, 1.54) is 37.4 Å². The van der Waals surface area contributed by atoms with E-state index in [-0.39, 0.29) is 16.3 Å². The van der Waals surface area contributed by atoms with Crippen molar-refractivity contribution in [3.8, 4) is 0 Å². The van der Waals surface area contributed by atoms with Gasteiger partial charge in [0.1, 0.15) is 0 Å². The summed E-state index contributed by atoms with van der Waals surface area (Å²) < 4.78 is 124. The number of sulfonamides is 1. The molecule has 0 aliphatic heterocycles. The third-order valence-electron chi connectivity index (χ3n) is 5.39. The van der Waals surface area contributed by atoms with Crippen LogP contribution in [0, 0.1) is 0 Å². The monoisotopic (exact) mass is 597 g/mol. The van der Waals surface area contributed by atoms with Crippen LogP contribution >= 0.6 is 22.9 Å². The number of halogens is 8. The summed E-state index contributed by atoms with van der Waals surface area (Å²) in [5.74, 6) is -0.436. The summed E-state index contributed by atoms with van der Waals surface area (Å²) in [6, 6.07) is 6.77. The van der Waals surface area contributed by atoms with Crippen molar-refractivity contribution in [1.82, 2.24) is 4.72 Å². The number of rotatable bonds is 12. The molecule has 2 rings (SSSR count). The van der Waals surface area contributed by atoms with Crippen molar-refractivity contribution >= 4 is 38.9 Å². The number of carbonyl (C=O) groups excluding carboxylic acids is 1. The van der Waals surface area contributed by atoms with Crippen LogP contribution in [0.3, 0.4) is 0 Å². The topological polar surface area (TPSA) is 72.5 Å². The van der Waals surface area contributed by atoms with Gasteiger partial charge >= 0.3 is 18.3 Å². The molecular formula is C22H23ClF7NO4S2. The van der Waals surface area contributed by atoms with E-state index in [9.17, 15) is 43.9 Å². The highest BCUT2D eigenvalue weighted by atomic mass is 35.5. The minimum absolute atomic E-state index is 0.115. The fraction of sp³-hybridized carbons (Fsp3) is 0.500. The molecule has 1 aromatic carbocycles. The third-order valence-corrected chi connectivity index (χ3v) is 8.39. The SMILES string of the molecule is COC(=O)CCCc1ccc(C(CCCC(F)(C(F)(F)F)C(F)(F)F)NS(=O)(=O)c2ccc(Cl)cc2)s1. The second-order valence-electron chi connectivity index (χ2n) is 8.05. The van der Waals surface area contributed by atoms with Gasteiger partial charge in [-0.15, -0.1) is 11.3 Å². The quantitative estimate of drug-likeness (QED) is 0.213.